The van der Waals surface area contributed by atoms with Crippen molar-refractivity contribution in [3.63, 3.8) is 0 Å². The first-order valence-electron chi connectivity index (χ1n) is 6.51. The van der Waals surface area contributed by atoms with Gasteiger partial charge in [-0.2, -0.15) is 0 Å². The Bertz CT molecular complexity index is 205. The molecule has 0 bridgehead atoms. The van der Waals surface area contributed by atoms with Crippen LogP contribution in [0.4, 0.5) is 0 Å². The van der Waals surface area contributed by atoms with Gasteiger partial charge in [-0.1, -0.05) is 40.5 Å². The second-order valence-electron chi connectivity index (χ2n) is 6.57. The van der Waals surface area contributed by atoms with Gasteiger partial charge in [0, 0.05) is 0 Å². The largest absolute Gasteiger partial charge is 0.390 e. The lowest BCUT2D eigenvalue weighted by atomic mass is 9.75. The number of hydrogen-bond donors (Lipinski definition) is 1. The predicted molar refractivity (Wildman–Crippen MR) is 65.8 cm³/mol. The summed E-state index contributed by atoms with van der Waals surface area (Å²) in [6.07, 6.45) is 6.01. The maximum Gasteiger partial charge on any atom is 0.0652 e. The van der Waals surface area contributed by atoms with Gasteiger partial charge in [-0.25, -0.2) is 0 Å². The van der Waals surface area contributed by atoms with Crippen molar-refractivity contribution in [3.8, 4) is 0 Å². The van der Waals surface area contributed by atoms with Crippen molar-refractivity contribution in [2.24, 2.45) is 17.3 Å². The van der Waals surface area contributed by atoms with E-state index < -0.39 is 5.60 Å². The summed E-state index contributed by atoms with van der Waals surface area (Å²) in [6, 6.07) is 0. The summed E-state index contributed by atoms with van der Waals surface area (Å²) in [5, 5.41) is 10.6. The van der Waals surface area contributed by atoms with Gasteiger partial charge < -0.3 is 5.11 Å². The van der Waals surface area contributed by atoms with Crippen LogP contribution in [0, 0.1) is 17.3 Å². The molecule has 3 atom stereocenters. The van der Waals surface area contributed by atoms with Gasteiger partial charge in [0.1, 0.15) is 0 Å². The first-order chi connectivity index (χ1) is 6.78. The van der Waals surface area contributed by atoms with Crippen molar-refractivity contribution >= 4 is 0 Å². The van der Waals surface area contributed by atoms with Crippen molar-refractivity contribution in [2.75, 3.05) is 0 Å². The summed E-state index contributed by atoms with van der Waals surface area (Å²) in [4.78, 5) is 0. The summed E-state index contributed by atoms with van der Waals surface area (Å²) < 4.78 is 0. The third-order valence-corrected chi connectivity index (χ3v) is 4.38. The van der Waals surface area contributed by atoms with E-state index in [4.69, 9.17) is 0 Å². The Labute approximate surface area is 95.3 Å². The number of rotatable bonds is 2. The molecule has 0 amide bonds. The van der Waals surface area contributed by atoms with Crippen LogP contribution in [-0.4, -0.2) is 10.7 Å². The molecule has 1 rings (SSSR count). The Morgan fingerprint density at radius 1 is 1.27 bits per heavy atom. The van der Waals surface area contributed by atoms with Crippen LogP contribution in [0.2, 0.25) is 0 Å². The van der Waals surface area contributed by atoms with Gasteiger partial charge >= 0.3 is 0 Å². The summed E-state index contributed by atoms with van der Waals surface area (Å²) >= 11 is 0. The average Bonchev–Trinajstić information content (AvgIpc) is 2.14. The van der Waals surface area contributed by atoms with Gasteiger partial charge in [0.15, 0.2) is 0 Å². The van der Waals surface area contributed by atoms with Gasteiger partial charge in [-0.05, 0) is 43.4 Å². The van der Waals surface area contributed by atoms with E-state index in [1.807, 2.05) is 6.92 Å². The normalized spacial score (nSPS) is 41.2. The fraction of sp³-hybridized carbons (Fsp3) is 1.00. The van der Waals surface area contributed by atoms with Gasteiger partial charge in [0.2, 0.25) is 0 Å². The topological polar surface area (TPSA) is 20.2 Å². The first-order valence-corrected chi connectivity index (χ1v) is 6.51. The van der Waals surface area contributed by atoms with E-state index in [0.29, 0.717) is 17.3 Å². The molecule has 1 nitrogen and oxygen atoms in total. The molecule has 1 heteroatoms. The summed E-state index contributed by atoms with van der Waals surface area (Å²) in [7, 11) is 0. The van der Waals surface area contributed by atoms with Gasteiger partial charge in [-0.15, -0.1) is 0 Å². The Kier molecular flexibility index (Phi) is 3.86. The minimum absolute atomic E-state index is 0.306. The zero-order valence-corrected chi connectivity index (χ0v) is 11.1. The van der Waals surface area contributed by atoms with Crippen molar-refractivity contribution in [3.05, 3.63) is 0 Å². The van der Waals surface area contributed by atoms with Crippen LogP contribution in [0.3, 0.4) is 0 Å². The van der Waals surface area contributed by atoms with E-state index in [0.717, 1.165) is 6.42 Å². The van der Waals surface area contributed by atoms with E-state index in [1.54, 1.807) is 0 Å². The van der Waals surface area contributed by atoms with Gasteiger partial charge in [0.25, 0.3) is 0 Å². The van der Waals surface area contributed by atoms with E-state index in [1.165, 1.54) is 25.7 Å². The van der Waals surface area contributed by atoms with Gasteiger partial charge in [-0.3, -0.25) is 0 Å². The Morgan fingerprint density at radius 3 is 2.40 bits per heavy atom. The van der Waals surface area contributed by atoms with Crippen molar-refractivity contribution in [1.82, 2.24) is 0 Å². The third-order valence-electron chi connectivity index (χ3n) is 4.38. The molecule has 1 aliphatic carbocycles. The van der Waals surface area contributed by atoms with Crippen LogP contribution >= 0.6 is 0 Å². The highest BCUT2D eigenvalue weighted by atomic mass is 16.3. The molecule has 90 valence electrons. The molecule has 15 heavy (non-hydrogen) atoms. The fourth-order valence-electron chi connectivity index (χ4n) is 3.32. The molecular weight excluding hydrogens is 184 g/mol. The Balaban J connectivity index is 2.81. The molecule has 0 aliphatic heterocycles. The molecule has 1 N–H and O–H groups in total. The highest BCUT2D eigenvalue weighted by Crippen LogP contribution is 2.45. The third kappa shape index (κ3) is 3.21. The summed E-state index contributed by atoms with van der Waals surface area (Å²) in [5.74, 6) is 1.16. The molecule has 0 saturated heterocycles. The zero-order chi connectivity index (χ0) is 11.7. The molecular formula is C14H28O. The van der Waals surface area contributed by atoms with Crippen LogP contribution in [0.25, 0.3) is 0 Å². The molecule has 0 aromatic carbocycles. The van der Waals surface area contributed by atoms with Crippen LogP contribution in [0.1, 0.15) is 66.7 Å². The van der Waals surface area contributed by atoms with E-state index in [-0.39, 0.29) is 0 Å². The maximum absolute atomic E-state index is 10.6. The predicted octanol–water partition coefficient (Wildman–Crippen LogP) is 4.00. The molecule has 0 radical (unpaired) electrons. The van der Waals surface area contributed by atoms with E-state index >= 15 is 0 Å². The quantitative estimate of drug-likeness (QED) is 0.686. The molecule has 0 aromatic rings. The van der Waals surface area contributed by atoms with Crippen molar-refractivity contribution < 1.29 is 5.11 Å². The minimum Gasteiger partial charge on any atom is -0.390 e. The zero-order valence-electron chi connectivity index (χ0n) is 11.1. The van der Waals surface area contributed by atoms with Crippen LogP contribution < -0.4 is 0 Å². The number of aliphatic hydroxyl groups is 1. The highest BCUT2D eigenvalue weighted by molar-refractivity contribution is 4.92. The smallest absolute Gasteiger partial charge is 0.0652 e. The van der Waals surface area contributed by atoms with Crippen LogP contribution in [0.15, 0.2) is 0 Å². The van der Waals surface area contributed by atoms with Crippen molar-refractivity contribution in [1.29, 1.82) is 0 Å². The van der Waals surface area contributed by atoms with Crippen molar-refractivity contribution in [2.45, 2.75) is 72.3 Å². The maximum atomic E-state index is 10.6. The molecule has 1 fully saturated rings. The minimum atomic E-state index is -0.472. The Hall–Kier alpha value is -0.0400. The molecule has 1 saturated carbocycles. The lowest BCUT2D eigenvalue weighted by molar-refractivity contribution is -0.0372. The van der Waals surface area contributed by atoms with E-state index in [9.17, 15) is 5.11 Å². The standard InChI is InChI=1S/C14H28O/c1-6-7-12-8-9-13(3,4)10-14(5,15)11(12)2/h11-12,15H,6-10H2,1-5H3. The lowest BCUT2D eigenvalue weighted by Crippen LogP contribution is -2.38. The summed E-state index contributed by atoms with van der Waals surface area (Å²) in [6.45, 7) is 11.1. The molecule has 0 spiro atoms. The van der Waals surface area contributed by atoms with Crippen LogP contribution in [-0.2, 0) is 0 Å². The first kappa shape index (κ1) is 13.0. The second-order valence-corrected chi connectivity index (χ2v) is 6.57. The molecule has 0 heterocycles. The average molecular weight is 212 g/mol. The Morgan fingerprint density at radius 2 is 1.87 bits per heavy atom. The SMILES string of the molecule is CCCC1CCC(C)(C)CC(C)(O)C1C. The van der Waals surface area contributed by atoms with Crippen LogP contribution in [0.5, 0.6) is 0 Å². The summed E-state index contributed by atoms with van der Waals surface area (Å²) in [5.41, 5.74) is -0.167. The van der Waals surface area contributed by atoms with Gasteiger partial charge in [0.05, 0.1) is 5.60 Å². The molecule has 3 unspecified atom stereocenters. The highest BCUT2D eigenvalue weighted by Gasteiger charge is 2.41. The lowest BCUT2D eigenvalue weighted by Gasteiger charge is -2.36. The monoisotopic (exact) mass is 212 g/mol. The second kappa shape index (κ2) is 4.45. The van der Waals surface area contributed by atoms with E-state index in [2.05, 4.69) is 27.7 Å². The molecule has 1 aliphatic rings. The number of hydrogen-bond acceptors (Lipinski definition) is 1. The fourth-order valence-corrected chi connectivity index (χ4v) is 3.32. The molecule has 0 aromatic heterocycles.